The second kappa shape index (κ2) is 9.40. The molecule has 0 radical (unpaired) electrons. The molecule has 16 heavy (non-hydrogen) atoms. The molecule has 0 atom stereocenters. The van der Waals surface area contributed by atoms with Gasteiger partial charge in [-0.25, -0.2) is 0 Å². The minimum absolute atomic E-state index is 0.313. The molecule has 0 fully saturated rings. The molecule has 0 heterocycles. The zero-order valence-electron chi connectivity index (χ0n) is 8.04. The molecular weight excluding hydrogens is 226 g/mol. The summed E-state index contributed by atoms with van der Waals surface area (Å²) in [6.45, 7) is -0.626. The van der Waals surface area contributed by atoms with E-state index in [0.717, 1.165) is 0 Å². The molecule has 0 aromatic heterocycles. The Balaban J connectivity index is 0. The summed E-state index contributed by atoms with van der Waals surface area (Å²) in [5.74, 6) is -4.74. The third-order valence-corrected chi connectivity index (χ3v) is 0.855. The molecule has 5 N–H and O–H groups in total. The summed E-state index contributed by atoms with van der Waals surface area (Å²) in [7, 11) is 0. The van der Waals surface area contributed by atoms with Crippen LogP contribution in [0, 0.1) is 0 Å². The van der Waals surface area contributed by atoms with Gasteiger partial charge in [0.1, 0.15) is 6.42 Å². The van der Waals surface area contributed by atoms with E-state index >= 15 is 0 Å². The predicted octanol–water partition coefficient (Wildman–Crippen LogP) is -1.71. The standard InChI is InChI=1S/C4H7NO4.C3H4O4/c6-3(7)1-5-2-4(8)9;4-2(5)1-3(6)7/h5H,1-2H2,(H,6,7)(H,8,9);1H2,(H,4,5)(H,6,7). The Morgan fingerprint density at radius 1 is 0.688 bits per heavy atom. The minimum atomic E-state index is -1.31. The molecule has 0 spiro atoms. The molecule has 9 nitrogen and oxygen atoms in total. The Morgan fingerprint density at radius 3 is 1.12 bits per heavy atom. The van der Waals surface area contributed by atoms with Crippen molar-refractivity contribution in [3.05, 3.63) is 0 Å². The number of hydrogen-bond donors (Lipinski definition) is 5. The highest BCUT2D eigenvalue weighted by atomic mass is 16.4. The number of carboxylic acid groups (broad SMARTS) is 4. The first kappa shape index (κ1) is 16.3. The van der Waals surface area contributed by atoms with Crippen molar-refractivity contribution in [1.82, 2.24) is 5.32 Å². The van der Waals surface area contributed by atoms with Gasteiger partial charge < -0.3 is 20.4 Å². The number of nitrogens with one attached hydrogen (secondary N) is 1. The van der Waals surface area contributed by atoms with Gasteiger partial charge >= 0.3 is 23.9 Å². The molecule has 0 unspecified atom stereocenters. The lowest BCUT2D eigenvalue weighted by atomic mass is 10.5. The number of hydrogen-bond acceptors (Lipinski definition) is 5. The van der Waals surface area contributed by atoms with Gasteiger partial charge in [-0.05, 0) is 0 Å². The highest BCUT2D eigenvalue weighted by Crippen LogP contribution is 1.74. The summed E-state index contributed by atoms with van der Waals surface area (Å²) in [6.07, 6.45) is -0.806. The largest absolute Gasteiger partial charge is 0.481 e. The second-order valence-corrected chi connectivity index (χ2v) is 2.36. The fourth-order valence-electron chi connectivity index (χ4n) is 0.406. The molecule has 9 heteroatoms. The van der Waals surface area contributed by atoms with Crippen molar-refractivity contribution in [3.63, 3.8) is 0 Å². The van der Waals surface area contributed by atoms with Crippen LogP contribution in [-0.4, -0.2) is 57.4 Å². The van der Waals surface area contributed by atoms with Crippen molar-refractivity contribution < 1.29 is 39.6 Å². The smallest absolute Gasteiger partial charge is 0.317 e. The van der Waals surface area contributed by atoms with Gasteiger partial charge in [0.15, 0.2) is 0 Å². The fraction of sp³-hybridized carbons (Fsp3) is 0.429. The lowest BCUT2D eigenvalue weighted by Crippen LogP contribution is -2.27. The molecule has 0 amide bonds. The van der Waals surface area contributed by atoms with E-state index in [9.17, 15) is 19.2 Å². The summed E-state index contributed by atoms with van der Waals surface area (Å²) in [6, 6.07) is 0. The molecule has 0 saturated carbocycles. The van der Waals surface area contributed by atoms with Crippen LogP contribution in [0.25, 0.3) is 0 Å². The Labute approximate surface area is 89.3 Å². The summed E-state index contributed by atoms with van der Waals surface area (Å²) in [4.78, 5) is 38.3. The van der Waals surface area contributed by atoms with Crippen molar-refractivity contribution >= 4 is 23.9 Å². The monoisotopic (exact) mass is 237 g/mol. The molecule has 0 bridgehead atoms. The van der Waals surface area contributed by atoms with Crippen molar-refractivity contribution in [2.45, 2.75) is 6.42 Å². The molecule has 0 aliphatic heterocycles. The van der Waals surface area contributed by atoms with Crippen LogP contribution in [-0.2, 0) is 19.2 Å². The van der Waals surface area contributed by atoms with Gasteiger partial charge in [0.05, 0.1) is 13.1 Å². The third-order valence-electron chi connectivity index (χ3n) is 0.855. The van der Waals surface area contributed by atoms with Crippen LogP contribution in [0.5, 0.6) is 0 Å². The van der Waals surface area contributed by atoms with Gasteiger partial charge in [-0.15, -0.1) is 0 Å². The molecule has 0 rings (SSSR count). The number of carboxylic acids is 4. The third kappa shape index (κ3) is 22.6. The second-order valence-electron chi connectivity index (χ2n) is 2.36. The predicted molar refractivity (Wildman–Crippen MR) is 48.0 cm³/mol. The van der Waals surface area contributed by atoms with E-state index in [1.54, 1.807) is 0 Å². The van der Waals surface area contributed by atoms with E-state index in [4.69, 9.17) is 20.4 Å². The van der Waals surface area contributed by atoms with E-state index < -0.39 is 30.3 Å². The van der Waals surface area contributed by atoms with E-state index in [0.29, 0.717) is 0 Å². The highest BCUT2D eigenvalue weighted by molar-refractivity contribution is 5.88. The Kier molecular flexibility index (Phi) is 9.56. The maximum absolute atomic E-state index is 9.73. The zero-order chi connectivity index (χ0) is 13.1. The van der Waals surface area contributed by atoms with Gasteiger partial charge in [0.25, 0.3) is 0 Å². The minimum Gasteiger partial charge on any atom is -0.481 e. The summed E-state index contributed by atoms with van der Waals surface area (Å²) in [5.41, 5.74) is 0. The molecule has 0 aromatic rings. The van der Waals surface area contributed by atoms with Gasteiger partial charge in [0, 0.05) is 0 Å². The lowest BCUT2D eigenvalue weighted by molar-refractivity contribution is -0.147. The SMILES string of the molecule is O=C(O)CC(=O)O.O=C(O)CNCC(=O)O. The molecule has 0 aliphatic carbocycles. The Morgan fingerprint density at radius 2 is 1.00 bits per heavy atom. The van der Waals surface area contributed by atoms with Crippen molar-refractivity contribution in [1.29, 1.82) is 0 Å². The Hall–Kier alpha value is -2.16. The van der Waals surface area contributed by atoms with Crippen LogP contribution in [0.1, 0.15) is 6.42 Å². The van der Waals surface area contributed by atoms with Gasteiger partial charge in [-0.1, -0.05) is 0 Å². The molecular formula is C7H11NO8. The zero-order valence-corrected chi connectivity index (χ0v) is 8.04. The van der Waals surface area contributed by atoms with E-state index in [-0.39, 0.29) is 13.1 Å². The average Bonchev–Trinajstić information content (AvgIpc) is 2.00. The summed E-state index contributed by atoms with van der Waals surface area (Å²) < 4.78 is 0. The summed E-state index contributed by atoms with van der Waals surface area (Å²) >= 11 is 0. The molecule has 0 aliphatic rings. The topological polar surface area (TPSA) is 161 Å². The van der Waals surface area contributed by atoms with Crippen LogP contribution in [0.3, 0.4) is 0 Å². The maximum Gasteiger partial charge on any atom is 0.317 e. The van der Waals surface area contributed by atoms with Crippen LogP contribution >= 0.6 is 0 Å². The van der Waals surface area contributed by atoms with E-state index in [2.05, 4.69) is 5.32 Å². The van der Waals surface area contributed by atoms with Crippen LogP contribution < -0.4 is 5.32 Å². The molecule has 0 saturated heterocycles. The molecule has 92 valence electrons. The van der Waals surface area contributed by atoms with E-state index in [1.165, 1.54) is 0 Å². The normalized spacial score (nSPS) is 8.50. The van der Waals surface area contributed by atoms with Crippen molar-refractivity contribution in [3.8, 4) is 0 Å². The first-order chi connectivity index (χ1) is 7.25. The number of carbonyl (C=O) groups is 4. The Bertz CT molecular complexity index is 248. The first-order valence-corrected chi connectivity index (χ1v) is 3.83. The average molecular weight is 237 g/mol. The van der Waals surface area contributed by atoms with E-state index in [1.807, 2.05) is 0 Å². The number of aliphatic carboxylic acids is 4. The molecule has 0 aromatic carbocycles. The highest BCUT2D eigenvalue weighted by Gasteiger charge is 2.01. The summed E-state index contributed by atoms with van der Waals surface area (Å²) in [5, 5.41) is 33.5. The lowest BCUT2D eigenvalue weighted by Gasteiger charge is -1.93. The maximum atomic E-state index is 9.73. The quantitative estimate of drug-likeness (QED) is 0.338. The van der Waals surface area contributed by atoms with Crippen molar-refractivity contribution in [2.24, 2.45) is 0 Å². The van der Waals surface area contributed by atoms with Crippen LogP contribution in [0.2, 0.25) is 0 Å². The number of rotatable bonds is 6. The van der Waals surface area contributed by atoms with Gasteiger partial charge in [0.2, 0.25) is 0 Å². The fourth-order valence-corrected chi connectivity index (χ4v) is 0.406. The van der Waals surface area contributed by atoms with Gasteiger partial charge in [-0.2, -0.15) is 0 Å². The van der Waals surface area contributed by atoms with Crippen LogP contribution in [0.15, 0.2) is 0 Å². The van der Waals surface area contributed by atoms with Gasteiger partial charge in [-0.3, -0.25) is 24.5 Å². The van der Waals surface area contributed by atoms with Crippen LogP contribution in [0.4, 0.5) is 0 Å². The van der Waals surface area contributed by atoms with Crippen molar-refractivity contribution in [2.75, 3.05) is 13.1 Å². The first-order valence-electron chi connectivity index (χ1n) is 3.83.